The number of hydrogen-bond acceptors (Lipinski definition) is 2. The van der Waals surface area contributed by atoms with Gasteiger partial charge < -0.3 is 9.80 Å². The molecule has 0 aliphatic carbocycles. The normalized spacial score (nSPS) is 12.6. The smallest absolute Gasteiger partial charge is 0.0413 e. The van der Waals surface area contributed by atoms with Gasteiger partial charge in [0.2, 0.25) is 0 Å². The Morgan fingerprint density at radius 2 is 0.597 bits per heavy atom. The van der Waals surface area contributed by atoms with Gasteiger partial charge in [0.25, 0.3) is 0 Å². The summed E-state index contributed by atoms with van der Waals surface area (Å²) in [6, 6.07) is 36.9. The van der Waals surface area contributed by atoms with Crippen LogP contribution in [0.4, 0.5) is 11.4 Å². The summed E-state index contributed by atoms with van der Waals surface area (Å²) in [5, 5.41) is 12.3. The Morgan fingerprint density at radius 3 is 0.855 bits per heavy atom. The van der Waals surface area contributed by atoms with Gasteiger partial charge in [0, 0.05) is 72.6 Å². The van der Waals surface area contributed by atoms with E-state index in [0.29, 0.717) is 0 Å². The molecule has 0 saturated heterocycles. The Kier molecular flexibility index (Phi) is 10.2. The van der Waals surface area contributed by atoms with Gasteiger partial charge in [0.05, 0.1) is 0 Å². The van der Waals surface area contributed by atoms with Crippen LogP contribution in [0.5, 0.6) is 0 Å². The largest absolute Gasteiger partial charge is 0.378 e. The average Bonchev–Trinajstić information content (AvgIpc) is 3.18. The van der Waals surface area contributed by atoms with Gasteiger partial charge in [0.15, 0.2) is 0 Å². The predicted octanol–water partition coefficient (Wildman–Crippen LogP) is 15.0. The van der Waals surface area contributed by atoms with Crippen molar-refractivity contribution in [2.45, 2.75) is 105 Å². The molecule has 0 radical (unpaired) electrons. The molecule has 0 N–H and O–H groups in total. The highest BCUT2D eigenvalue weighted by atomic mass is 15.1. The molecule has 8 aromatic carbocycles. The van der Waals surface area contributed by atoms with E-state index in [2.05, 4.69) is 242 Å². The highest BCUT2D eigenvalue weighted by Gasteiger charge is 2.28. The van der Waals surface area contributed by atoms with Gasteiger partial charge in [-0.25, -0.2) is 0 Å². The van der Waals surface area contributed by atoms with Crippen LogP contribution in [0.3, 0.4) is 0 Å². The number of nitrogens with zero attached hydrogens (tertiary/aromatic N) is 2. The van der Waals surface area contributed by atoms with Crippen molar-refractivity contribution in [3.8, 4) is 23.7 Å². The summed E-state index contributed by atoms with van der Waals surface area (Å²) >= 11 is 0. The van der Waals surface area contributed by atoms with E-state index < -0.39 is 0 Å². The SMILES string of the molecule is CN(C)c1ccc(C#Cc2c3cc(C(C)(C)C)cc4cc(C(C)(C)C)cc(c5c(C#Cc6ccc(N(C)C)cc6)c6cc(C(C)(C)C)cc7cc(C(C)(C)C)cc(c25)c76)c43)cc1. The summed E-state index contributed by atoms with van der Waals surface area (Å²) < 4.78 is 0. The van der Waals surface area contributed by atoms with Gasteiger partial charge >= 0.3 is 0 Å². The molecule has 0 spiro atoms. The van der Waals surface area contributed by atoms with Crippen molar-refractivity contribution in [1.29, 1.82) is 0 Å². The molecule has 0 bridgehead atoms. The molecule has 0 amide bonds. The molecule has 314 valence electrons. The Hall–Kier alpha value is -5.96. The molecule has 0 aliphatic rings. The quantitative estimate of drug-likeness (QED) is 0.0975. The Labute approximate surface area is 371 Å². The van der Waals surface area contributed by atoms with E-state index >= 15 is 0 Å². The fraction of sp³-hybridized carbons (Fsp3) is 0.333. The maximum atomic E-state index is 3.92. The first kappa shape index (κ1) is 42.7. The lowest BCUT2D eigenvalue weighted by Gasteiger charge is -2.28. The van der Waals surface area contributed by atoms with Crippen molar-refractivity contribution >= 4 is 65.2 Å². The van der Waals surface area contributed by atoms with Gasteiger partial charge in [-0.2, -0.15) is 0 Å². The van der Waals surface area contributed by atoms with Crippen molar-refractivity contribution in [3.63, 3.8) is 0 Å². The third-order valence-corrected chi connectivity index (χ3v) is 12.8. The van der Waals surface area contributed by atoms with Crippen molar-refractivity contribution in [3.05, 3.63) is 142 Å². The minimum absolute atomic E-state index is 0.0787. The summed E-state index contributed by atoms with van der Waals surface area (Å²) in [7, 11) is 8.32. The summed E-state index contributed by atoms with van der Waals surface area (Å²) in [5.41, 5.74) is 11.3. The van der Waals surface area contributed by atoms with Gasteiger partial charge in [-0.1, -0.05) is 131 Å². The zero-order valence-electron chi connectivity index (χ0n) is 40.1. The van der Waals surface area contributed by atoms with Crippen LogP contribution in [0.2, 0.25) is 0 Å². The molecule has 2 nitrogen and oxygen atoms in total. The first-order valence-electron chi connectivity index (χ1n) is 22.2. The lowest BCUT2D eigenvalue weighted by molar-refractivity contribution is 0.589. The van der Waals surface area contributed by atoms with Gasteiger partial charge in [0.1, 0.15) is 0 Å². The van der Waals surface area contributed by atoms with E-state index in [1.807, 2.05) is 0 Å². The van der Waals surface area contributed by atoms with Crippen molar-refractivity contribution in [1.82, 2.24) is 0 Å². The summed E-state index contributed by atoms with van der Waals surface area (Å²) in [6.07, 6.45) is 0. The molecular formula is C60H64N2. The minimum atomic E-state index is -0.0861. The van der Waals surface area contributed by atoms with E-state index in [9.17, 15) is 0 Å². The van der Waals surface area contributed by atoms with Gasteiger partial charge in [-0.05, 0) is 160 Å². The van der Waals surface area contributed by atoms with Crippen molar-refractivity contribution in [2.24, 2.45) is 0 Å². The molecule has 0 aliphatic heterocycles. The second kappa shape index (κ2) is 14.8. The summed E-state index contributed by atoms with van der Waals surface area (Å²) in [5.74, 6) is 15.3. The van der Waals surface area contributed by atoms with E-state index in [-0.39, 0.29) is 21.7 Å². The summed E-state index contributed by atoms with van der Waals surface area (Å²) in [4.78, 5) is 4.27. The monoisotopic (exact) mass is 813 g/mol. The second-order valence-electron chi connectivity index (χ2n) is 22.2. The van der Waals surface area contributed by atoms with E-state index in [1.54, 1.807) is 0 Å². The van der Waals surface area contributed by atoms with Crippen LogP contribution >= 0.6 is 0 Å². The number of rotatable bonds is 2. The Morgan fingerprint density at radius 1 is 0.323 bits per heavy atom. The average molecular weight is 813 g/mol. The zero-order chi connectivity index (χ0) is 44.8. The zero-order valence-corrected chi connectivity index (χ0v) is 40.1. The first-order valence-corrected chi connectivity index (χ1v) is 22.2. The molecule has 0 atom stereocenters. The van der Waals surface area contributed by atoms with E-state index in [4.69, 9.17) is 0 Å². The number of hydrogen-bond donors (Lipinski definition) is 0. The maximum Gasteiger partial charge on any atom is 0.0413 e. The fourth-order valence-corrected chi connectivity index (χ4v) is 8.83. The number of anilines is 2. The molecule has 0 heterocycles. The molecule has 0 fully saturated rings. The van der Waals surface area contributed by atoms with E-state index in [1.165, 1.54) is 76.1 Å². The Bertz CT molecular complexity index is 2950. The number of benzene rings is 8. The van der Waals surface area contributed by atoms with E-state index in [0.717, 1.165) is 33.6 Å². The molecular weight excluding hydrogens is 749 g/mol. The van der Waals surface area contributed by atoms with Crippen LogP contribution in [-0.4, -0.2) is 28.2 Å². The highest BCUT2D eigenvalue weighted by molar-refractivity contribution is 6.35. The third-order valence-electron chi connectivity index (χ3n) is 12.8. The van der Waals surface area contributed by atoms with Crippen LogP contribution < -0.4 is 9.80 Å². The third kappa shape index (κ3) is 7.75. The standard InChI is InChI=1S/C60H64N2/c1-57(2,3)41-29-39-31-43(59(7,8)9)35-51-53(39)49(33-41)47(27-21-37-17-23-45(24-18-37)61(13)14)55-52-36-44(60(10,11)12)32-40-30-42(58(4,5)6)34-50(54(40)52)48(56(51)55)28-22-38-19-25-46(26-20-38)62(15)16/h17-20,23-26,29-36H,1-16H3. The molecule has 8 rings (SSSR count). The highest BCUT2D eigenvalue weighted by Crippen LogP contribution is 2.49. The van der Waals surface area contributed by atoms with Crippen LogP contribution in [0.15, 0.2) is 97.1 Å². The molecule has 0 saturated carbocycles. The predicted molar refractivity (Wildman–Crippen MR) is 273 cm³/mol. The molecule has 8 aromatic rings. The lowest BCUT2D eigenvalue weighted by atomic mass is 9.75. The topological polar surface area (TPSA) is 6.48 Å². The maximum absolute atomic E-state index is 3.92. The molecule has 0 aromatic heterocycles. The second-order valence-corrected chi connectivity index (χ2v) is 22.2. The van der Waals surface area contributed by atoms with Crippen molar-refractivity contribution < 1.29 is 0 Å². The van der Waals surface area contributed by atoms with Crippen LogP contribution in [-0.2, 0) is 21.7 Å². The Balaban J connectivity index is 1.69. The van der Waals surface area contributed by atoms with Crippen LogP contribution in [0.25, 0.3) is 53.9 Å². The van der Waals surface area contributed by atoms with Gasteiger partial charge in [-0.15, -0.1) is 0 Å². The molecule has 2 heteroatoms. The lowest BCUT2D eigenvalue weighted by Crippen LogP contribution is -2.14. The number of fused-ring (bicyclic) bond motifs is 3. The summed E-state index contributed by atoms with van der Waals surface area (Å²) in [6.45, 7) is 28.0. The van der Waals surface area contributed by atoms with Crippen LogP contribution in [0.1, 0.15) is 128 Å². The van der Waals surface area contributed by atoms with Crippen molar-refractivity contribution in [2.75, 3.05) is 38.0 Å². The fourth-order valence-electron chi connectivity index (χ4n) is 8.83. The minimum Gasteiger partial charge on any atom is -0.378 e. The molecule has 0 unspecified atom stereocenters. The van der Waals surface area contributed by atoms with Gasteiger partial charge in [-0.3, -0.25) is 0 Å². The molecule has 62 heavy (non-hydrogen) atoms. The first-order chi connectivity index (χ1) is 28.9. The van der Waals surface area contributed by atoms with Crippen LogP contribution in [0, 0.1) is 23.7 Å².